The van der Waals surface area contributed by atoms with E-state index in [1.165, 1.54) is 25.0 Å². The number of thioether (sulfide) groups is 1. The van der Waals surface area contributed by atoms with Crippen LogP contribution in [0, 0.1) is 5.92 Å². The Balaban J connectivity index is 2.32. The van der Waals surface area contributed by atoms with Crippen molar-refractivity contribution in [2.45, 2.75) is 56.7 Å². The van der Waals surface area contributed by atoms with Gasteiger partial charge in [-0.1, -0.05) is 20.3 Å². The molecule has 0 aromatic heterocycles. The summed E-state index contributed by atoms with van der Waals surface area (Å²) in [4.78, 5) is 0. The van der Waals surface area contributed by atoms with Gasteiger partial charge in [-0.05, 0) is 44.4 Å². The average Bonchev–Trinajstić information content (AvgIpc) is 2.29. The fourth-order valence-corrected chi connectivity index (χ4v) is 4.08. The molecule has 1 fully saturated rings. The zero-order chi connectivity index (χ0) is 12.0. The number of hydrogen-bond donors (Lipinski definition) is 2. The molecule has 0 saturated heterocycles. The van der Waals surface area contributed by atoms with Crippen molar-refractivity contribution < 1.29 is 5.11 Å². The first kappa shape index (κ1) is 14.3. The standard InChI is InChI=1S/C13H27NOS/c1-11(2)6-8-16-12-5-4-7-13(9-12,10-15)14-3/h11-12,14-15H,4-10H2,1-3H3. The second-order valence-corrected chi connectivity index (χ2v) is 6.87. The molecule has 1 aliphatic carbocycles. The third kappa shape index (κ3) is 4.27. The molecule has 0 radical (unpaired) electrons. The summed E-state index contributed by atoms with van der Waals surface area (Å²) < 4.78 is 0. The molecule has 0 bridgehead atoms. The summed E-state index contributed by atoms with van der Waals surface area (Å²) in [5.74, 6) is 2.08. The van der Waals surface area contributed by atoms with Crippen LogP contribution in [-0.4, -0.2) is 35.3 Å². The molecular formula is C13H27NOS. The smallest absolute Gasteiger partial charge is 0.0613 e. The lowest BCUT2D eigenvalue weighted by atomic mass is 9.82. The van der Waals surface area contributed by atoms with Gasteiger partial charge >= 0.3 is 0 Å². The SMILES string of the molecule is CNC1(CO)CCCC(SCCC(C)C)C1. The maximum Gasteiger partial charge on any atom is 0.0613 e. The third-order valence-electron chi connectivity index (χ3n) is 3.68. The Labute approximate surface area is 105 Å². The zero-order valence-electron chi connectivity index (χ0n) is 11.0. The first-order valence-electron chi connectivity index (χ1n) is 6.53. The molecule has 0 aliphatic heterocycles. The van der Waals surface area contributed by atoms with Crippen LogP contribution in [0.2, 0.25) is 0 Å². The van der Waals surface area contributed by atoms with Crippen LogP contribution in [0.25, 0.3) is 0 Å². The summed E-state index contributed by atoms with van der Waals surface area (Å²) in [6.45, 7) is 4.85. The van der Waals surface area contributed by atoms with E-state index in [1.807, 2.05) is 7.05 Å². The minimum atomic E-state index is 0.00769. The molecule has 0 heterocycles. The molecule has 96 valence electrons. The molecule has 0 amide bonds. The predicted octanol–water partition coefficient (Wildman–Crippen LogP) is 2.66. The molecule has 0 aromatic carbocycles. The van der Waals surface area contributed by atoms with E-state index in [2.05, 4.69) is 30.9 Å². The Morgan fingerprint density at radius 1 is 1.50 bits per heavy atom. The molecule has 0 aromatic rings. The van der Waals surface area contributed by atoms with Crippen LogP contribution in [0.1, 0.15) is 46.0 Å². The maximum absolute atomic E-state index is 9.50. The van der Waals surface area contributed by atoms with Gasteiger partial charge in [0.05, 0.1) is 6.61 Å². The van der Waals surface area contributed by atoms with Crippen molar-refractivity contribution in [1.82, 2.24) is 5.32 Å². The second kappa shape index (κ2) is 6.87. The van der Waals surface area contributed by atoms with Crippen molar-refractivity contribution in [2.75, 3.05) is 19.4 Å². The Morgan fingerprint density at radius 2 is 2.25 bits per heavy atom. The maximum atomic E-state index is 9.50. The minimum Gasteiger partial charge on any atom is -0.394 e. The molecule has 2 unspecified atom stereocenters. The van der Waals surface area contributed by atoms with E-state index in [9.17, 15) is 5.11 Å². The normalized spacial score (nSPS) is 30.9. The van der Waals surface area contributed by atoms with Gasteiger partial charge in [-0.25, -0.2) is 0 Å². The highest BCUT2D eigenvalue weighted by atomic mass is 32.2. The lowest BCUT2D eigenvalue weighted by molar-refractivity contribution is 0.131. The summed E-state index contributed by atoms with van der Waals surface area (Å²) in [6.07, 6.45) is 6.14. The van der Waals surface area contributed by atoms with Crippen LogP contribution in [0.3, 0.4) is 0 Å². The summed E-state index contributed by atoms with van der Waals surface area (Å²) in [5.41, 5.74) is 0.00769. The average molecular weight is 245 g/mol. The monoisotopic (exact) mass is 245 g/mol. The van der Waals surface area contributed by atoms with Crippen LogP contribution >= 0.6 is 11.8 Å². The van der Waals surface area contributed by atoms with E-state index in [0.717, 1.165) is 24.0 Å². The van der Waals surface area contributed by atoms with Crippen LogP contribution in [0.5, 0.6) is 0 Å². The summed E-state index contributed by atoms with van der Waals surface area (Å²) in [6, 6.07) is 0. The Hall–Kier alpha value is 0.270. The van der Waals surface area contributed by atoms with E-state index in [1.54, 1.807) is 0 Å². The molecule has 1 aliphatic rings. The fraction of sp³-hybridized carbons (Fsp3) is 1.00. The van der Waals surface area contributed by atoms with Crippen LogP contribution in [0.15, 0.2) is 0 Å². The second-order valence-electron chi connectivity index (χ2n) is 5.46. The van der Waals surface area contributed by atoms with E-state index < -0.39 is 0 Å². The Kier molecular flexibility index (Phi) is 6.16. The Morgan fingerprint density at radius 3 is 2.81 bits per heavy atom. The molecular weight excluding hydrogens is 218 g/mol. The Bertz CT molecular complexity index is 192. The van der Waals surface area contributed by atoms with Gasteiger partial charge in [-0.15, -0.1) is 0 Å². The predicted molar refractivity (Wildman–Crippen MR) is 73.0 cm³/mol. The molecule has 1 saturated carbocycles. The summed E-state index contributed by atoms with van der Waals surface area (Å²) >= 11 is 2.11. The topological polar surface area (TPSA) is 32.3 Å². The van der Waals surface area contributed by atoms with Gasteiger partial charge in [0, 0.05) is 10.8 Å². The quantitative estimate of drug-likeness (QED) is 0.754. The molecule has 2 N–H and O–H groups in total. The molecule has 0 spiro atoms. The van der Waals surface area contributed by atoms with Crippen LogP contribution in [0.4, 0.5) is 0 Å². The van der Waals surface area contributed by atoms with Crippen molar-refractivity contribution in [3.8, 4) is 0 Å². The lowest BCUT2D eigenvalue weighted by Gasteiger charge is -2.39. The molecule has 2 nitrogen and oxygen atoms in total. The lowest BCUT2D eigenvalue weighted by Crippen LogP contribution is -2.50. The van der Waals surface area contributed by atoms with E-state index in [0.29, 0.717) is 0 Å². The third-order valence-corrected chi connectivity index (χ3v) is 5.03. The first-order chi connectivity index (χ1) is 7.62. The highest BCUT2D eigenvalue weighted by molar-refractivity contribution is 7.99. The number of nitrogens with one attached hydrogen (secondary N) is 1. The van der Waals surface area contributed by atoms with Gasteiger partial charge in [0.1, 0.15) is 0 Å². The van der Waals surface area contributed by atoms with Gasteiger partial charge in [0.15, 0.2) is 0 Å². The van der Waals surface area contributed by atoms with Gasteiger partial charge in [0.25, 0.3) is 0 Å². The van der Waals surface area contributed by atoms with Gasteiger partial charge in [-0.3, -0.25) is 0 Å². The van der Waals surface area contributed by atoms with Crippen molar-refractivity contribution in [3.63, 3.8) is 0 Å². The molecule has 2 atom stereocenters. The number of aliphatic hydroxyl groups is 1. The molecule has 16 heavy (non-hydrogen) atoms. The van der Waals surface area contributed by atoms with E-state index >= 15 is 0 Å². The van der Waals surface area contributed by atoms with Gasteiger partial charge in [-0.2, -0.15) is 11.8 Å². The number of aliphatic hydroxyl groups excluding tert-OH is 1. The van der Waals surface area contributed by atoms with Crippen molar-refractivity contribution in [1.29, 1.82) is 0 Å². The zero-order valence-corrected chi connectivity index (χ0v) is 11.8. The van der Waals surface area contributed by atoms with E-state index in [4.69, 9.17) is 0 Å². The van der Waals surface area contributed by atoms with Crippen LogP contribution < -0.4 is 5.32 Å². The number of likely N-dealkylation sites (N-methyl/N-ethyl adjacent to an activating group) is 1. The number of rotatable bonds is 6. The van der Waals surface area contributed by atoms with Crippen molar-refractivity contribution in [3.05, 3.63) is 0 Å². The summed E-state index contributed by atoms with van der Waals surface area (Å²) in [5, 5.41) is 13.6. The molecule has 3 heteroatoms. The summed E-state index contributed by atoms with van der Waals surface area (Å²) in [7, 11) is 1.98. The highest BCUT2D eigenvalue weighted by Gasteiger charge is 2.34. The fourth-order valence-electron chi connectivity index (χ4n) is 2.37. The first-order valence-corrected chi connectivity index (χ1v) is 7.58. The van der Waals surface area contributed by atoms with Gasteiger partial charge < -0.3 is 10.4 Å². The molecule has 1 rings (SSSR count). The van der Waals surface area contributed by atoms with Gasteiger partial charge in [0.2, 0.25) is 0 Å². The largest absolute Gasteiger partial charge is 0.394 e. The van der Waals surface area contributed by atoms with Crippen LogP contribution in [-0.2, 0) is 0 Å². The minimum absolute atomic E-state index is 0.00769. The van der Waals surface area contributed by atoms with E-state index in [-0.39, 0.29) is 12.1 Å². The van der Waals surface area contributed by atoms with Crippen molar-refractivity contribution in [2.24, 2.45) is 5.92 Å². The number of hydrogen-bond acceptors (Lipinski definition) is 3. The highest BCUT2D eigenvalue weighted by Crippen LogP contribution is 2.35. The van der Waals surface area contributed by atoms with Crippen molar-refractivity contribution >= 4 is 11.8 Å².